The first-order chi connectivity index (χ1) is 10.4. The van der Waals surface area contributed by atoms with Crippen molar-refractivity contribution in [3.05, 3.63) is 24.3 Å². The number of carbonyl (C=O) groups is 2. The van der Waals surface area contributed by atoms with Gasteiger partial charge in [-0.2, -0.15) is 5.10 Å². The molecule has 0 spiro atoms. The van der Waals surface area contributed by atoms with Gasteiger partial charge in [0.25, 0.3) is 0 Å². The highest BCUT2D eigenvalue weighted by Gasteiger charge is 2.48. The number of rotatable bonds is 5. The van der Waals surface area contributed by atoms with Gasteiger partial charge in [-0.25, -0.2) is 14.6 Å². The predicted molar refractivity (Wildman–Crippen MR) is 80.2 cm³/mol. The Morgan fingerprint density at radius 1 is 1.45 bits per heavy atom. The number of methoxy groups -OCH3 is 1. The molecular formula is C15H18N2O5. The summed E-state index contributed by atoms with van der Waals surface area (Å²) in [6.45, 7) is 3.41. The summed E-state index contributed by atoms with van der Waals surface area (Å²) in [5.41, 5.74) is -0.729. The number of nitrogens with zero attached hydrogens (tertiary/aromatic N) is 2. The van der Waals surface area contributed by atoms with Gasteiger partial charge in [0.05, 0.1) is 19.4 Å². The number of hydrazone groups is 1. The highest BCUT2D eigenvalue weighted by Crippen LogP contribution is 2.35. The molecule has 1 unspecified atom stereocenters. The summed E-state index contributed by atoms with van der Waals surface area (Å²) in [6.07, 6.45) is -0.0294. The monoisotopic (exact) mass is 306 g/mol. The van der Waals surface area contributed by atoms with E-state index in [2.05, 4.69) is 5.10 Å². The van der Waals surface area contributed by atoms with E-state index in [9.17, 15) is 14.7 Å². The number of carbonyl (C=O) groups excluding carboxylic acids is 1. The molecule has 0 bridgehead atoms. The van der Waals surface area contributed by atoms with Crippen molar-refractivity contribution >= 4 is 23.3 Å². The molecule has 1 aliphatic rings. The summed E-state index contributed by atoms with van der Waals surface area (Å²) >= 11 is 0. The minimum atomic E-state index is -1.35. The molecule has 22 heavy (non-hydrogen) atoms. The highest BCUT2D eigenvalue weighted by atomic mass is 16.5. The second kappa shape index (κ2) is 6.05. The molecule has 1 aliphatic heterocycles. The van der Waals surface area contributed by atoms with Crippen molar-refractivity contribution in [2.75, 3.05) is 18.7 Å². The van der Waals surface area contributed by atoms with Crippen molar-refractivity contribution in [3.63, 3.8) is 0 Å². The predicted octanol–water partition coefficient (Wildman–Crippen LogP) is 1.67. The molecule has 1 N–H and O–H groups in total. The Morgan fingerprint density at radius 3 is 2.77 bits per heavy atom. The Kier molecular flexibility index (Phi) is 4.35. The van der Waals surface area contributed by atoms with Crippen LogP contribution < -0.4 is 9.75 Å². The van der Waals surface area contributed by atoms with Crippen LogP contribution in [0.3, 0.4) is 0 Å². The van der Waals surface area contributed by atoms with E-state index in [0.717, 1.165) is 0 Å². The van der Waals surface area contributed by atoms with Crippen LogP contribution in [0.15, 0.2) is 29.4 Å². The molecule has 1 heterocycles. The Balaban J connectivity index is 2.43. The number of esters is 1. The zero-order valence-corrected chi connectivity index (χ0v) is 12.7. The van der Waals surface area contributed by atoms with Gasteiger partial charge in [0, 0.05) is 12.5 Å². The summed E-state index contributed by atoms with van der Waals surface area (Å²) in [7, 11) is 1.52. The Labute approximate surface area is 128 Å². The van der Waals surface area contributed by atoms with Gasteiger partial charge in [-0.15, -0.1) is 0 Å². The molecule has 7 nitrogen and oxygen atoms in total. The van der Waals surface area contributed by atoms with Gasteiger partial charge in [-0.3, -0.25) is 0 Å². The molecule has 1 aromatic carbocycles. The summed E-state index contributed by atoms with van der Waals surface area (Å²) in [5, 5.41) is 15.1. The maximum Gasteiger partial charge on any atom is 0.354 e. The third-order valence-corrected chi connectivity index (χ3v) is 3.47. The lowest BCUT2D eigenvalue weighted by molar-refractivity contribution is -0.142. The van der Waals surface area contributed by atoms with Crippen LogP contribution in [0.1, 0.15) is 20.3 Å². The second-order valence-electron chi connectivity index (χ2n) is 5.04. The number of anilines is 1. The van der Waals surface area contributed by atoms with E-state index in [1.54, 1.807) is 31.2 Å². The minimum Gasteiger partial charge on any atom is -0.497 e. The summed E-state index contributed by atoms with van der Waals surface area (Å²) in [5.74, 6) is -1.09. The van der Waals surface area contributed by atoms with Crippen LogP contribution in [0, 0.1) is 0 Å². The zero-order chi connectivity index (χ0) is 16.3. The lowest BCUT2D eigenvalue weighted by atomic mass is 9.95. The molecule has 1 atom stereocenters. The average Bonchev–Trinajstić information content (AvgIpc) is 2.87. The summed E-state index contributed by atoms with van der Waals surface area (Å²) < 4.78 is 10.1. The number of hydrogen-bond acceptors (Lipinski definition) is 6. The van der Waals surface area contributed by atoms with Crippen molar-refractivity contribution in [1.82, 2.24) is 0 Å². The highest BCUT2D eigenvalue weighted by molar-refractivity contribution is 6.38. The topological polar surface area (TPSA) is 88.4 Å². The van der Waals surface area contributed by atoms with Gasteiger partial charge in [-0.1, -0.05) is 6.07 Å². The molecule has 7 heteroatoms. The third-order valence-electron chi connectivity index (χ3n) is 3.47. The first-order valence-electron chi connectivity index (χ1n) is 6.84. The van der Waals surface area contributed by atoms with Gasteiger partial charge in [-0.05, 0) is 26.0 Å². The SMILES string of the molecule is CCOC(=O)C1=NN(c2cccc(OC)c2)C(C)(C(=O)O)C1. The molecule has 118 valence electrons. The minimum absolute atomic E-state index is 0.0294. The smallest absolute Gasteiger partial charge is 0.354 e. The van der Waals surface area contributed by atoms with Crippen molar-refractivity contribution in [3.8, 4) is 5.75 Å². The van der Waals surface area contributed by atoms with Gasteiger partial charge >= 0.3 is 11.9 Å². The van der Waals surface area contributed by atoms with E-state index in [1.165, 1.54) is 19.0 Å². The number of benzene rings is 1. The third kappa shape index (κ3) is 2.74. The number of carboxylic acid groups (broad SMARTS) is 1. The van der Waals surface area contributed by atoms with Crippen molar-refractivity contribution < 1.29 is 24.2 Å². The fourth-order valence-corrected chi connectivity index (χ4v) is 2.25. The maximum atomic E-state index is 11.9. The van der Waals surface area contributed by atoms with Gasteiger partial charge < -0.3 is 14.6 Å². The Morgan fingerprint density at radius 2 is 2.18 bits per heavy atom. The maximum absolute atomic E-state index is 11.9. The standard InChI is InChI=1S/C15H18N2O5/c1-4-22-13(18)12-9-15(2,14(19)20)17(16-12)10-6-5-7-11(8-10)21-3/h5-8H,4,9H2,1-3H3,(H,19,20). The van der Waals surface area contributed by atoms with Crippen LogP contribution in [-0.2, 0) is 14.3 Å². The number of hydrogen-bond donors (Lipinski definition) is 1. The zero-order valence-electron chi connectivity index (χ0n) is 12.7. The Hall–Kier alpha value is -2.57. The molecular weight excluding hydrogens is 288 g/mol. The van der Waals surface area contributed by atoms with E-state index in [0.29, 0.717) is 11.4 Å². The van der Waals surface area contributed by atoms with Gasteiger partial charge in [0.15, 0.2) is 5.54 Å². The molecule has 0 saturated heterocycles. The van der Waals surface area contributed by atoms with Gasteiger partial charge in [0.1, 0.15) is 11.5 Å². The van der Waals surface area contributed by atoms with Crippen molar-refractivity contribution in [1.29, 1.82) is 0 Å². The fourth-order valence-electron chi connectivity index (χ4n) is 2.25. The normalized spacial score (nSPS) is 20.5. The molecule has 0 amide bonds. The molecule has 0 radical (unpaired) electrons. The Bertz CT molecular complexity index is 628. The van der Waals surface area contributed by atoms with E-state index < -0.39 is 17.5 Å². The summed E-state index contributed by atoms with van der Waals surface area (Å²) in [4.78, 5) is 23.5. The second-order valence-corrected chi connectivity index (χ2v) is 5.04. The molecule has 0 aromatic heterocycles. The van der Waals surface area contributed by atoms with Crippen LogP contribution >= 0.6 is 0 Å². The van der Waals surface area contributed by atoms with E-state index >= 15 is 0 Å². The van der Waals surface area contributed by atoms with Crippen LogP contribution in [-0.4, -0.2) is 42.0 Å². The largest absolute Gasteiger partial charge is 0.497 e. The summed E-state index contributed by atoms with van der Waals surface area (Å²) in [6, 6.07) is 6.85. The van der Waals surface area contributed by atoms with Crippen LogP contribution in [0.25, 0.3) is 0 Å². The first-order valence-corrected chi connectivity index (χ1v) is 6.84. The number of aliphatic carboxylic acids is 1. The van der Waals surface area contributed by atoms with Crippen LogP contribution in [0.5, 0.6) is 5.75 Å². The fraction of sp³-hybridized carbons (Fsp3) is 0.400. The van der Waals surface area contributed by atoms with E-state index in [1.807, 2.05) is 0 Å². The van der Waals surface area contributed by atoms with Crippen LogP contribution in [0.2, 0.25) is 0 Å². The lowest BCUT2D eigenvalue weighted by Crippen LogP contribution is -2.47. The number of ether oxygens (including phenoxy) is 2. The molecule has 0 saturated carbocycles. The molecule has 1 aromatic rings. The van der Waals surface area contributed by atoms with Gasteiger partial charge in [0.2, 0.25) is 0 Å². The molecule has 2 rings (SSSR count). The molecule has 0 fully saturated rings. The number of carboxylic acids is 1. The van der Waals surface area contributed by atoms with Crippen molar-refractivity contribution in [2.45, 2.75) is 25.8 Å². The first kappa shape index (κ1) is 15.8. The lowest BCUT2D eigenvalue weighted by Gasteiger charge is -2.30. The van der Waals surface area contributed by atoms with E-state index in [4.69, 9.17) is 9.47 Å². The van der Waals surface area contributed by atoms with Crippen LogP contribution in [0.4, 0.5) is 5.69 Å². The molecule has 0 aliphatic carbocycles. The van der Waals surface area contributed by atoms with Crippen molar-refractivity contribution in [2.24, 2.45) is 5.10 Å². The average molecular weight is 306 g/mol. The van der Waals surface area contributed by atoms with E-state index in [-0.39, 0.29) is 18.7 Å². The quantitative estimate of drug-likeness (QED) is 0.832.